The lowest BCUT2D eigenvalue weighted by atomic mass is 10.0. The lowest BCUT2D eigenvalue weighted by molar-refractivity contribution is -0.115. The average Bonchev–Trinajstić information content (AvgIpc) is 3.01. The molecule has 0 spiro atoms. The van der Waals surface area contributed by atoms with Gasteiger partial charge in [0, 0.05) is 24.0 Å². The molecule has 2 aromatic carbocycles. The first-order chi connectivity index (χ1) is 12.2. The molecular weight excluding hydrogens is 310 g/mol. The number of aromatic nitrogens is 1. The number of anilines is 2. The van der Waals surface area contributed by atoms with Gasteiger partial charge in [0.15, 0.2) is 0 Å². The maximum absolute atomic E-state index is 11.5. The zero-order valence-electron chi connectivity index (χ0n) is 14.0. The van der Waals surface area contributed by atoms with Gasteiger partial charge in [-0.25, -0.2) is 0 Å². The number of amides is 1. The molecule has 2 heterocycles. The van der Waals surface area contributed by atoms with Crippen LogP contribution in [0.15, 0.2) is 60.8 Å². The molecule has 1 aliphatic rings. The minimum absolute atomic E-state index is 0.0550. The van der Waals surface area contributed by atoms with E-state index in [4.69, 9.17) is 0 Å². The monoisotopic (exact) mass is 329 g/mol. The summed E-state index contributed by atoms with van der Waals surface area (Å²) in [6, 6.07) is 18.5. The molecule has 4 rings (SSSR count). The molecule has 0 aliphatic carbocycles. The third kappa shape index (κ3) is 3.24. The minimum atomic E-state index is 0.0550. The molecule has 0 atom stereocenters. The van der Waals surface area contributed by atoms with Crippen LogP contribution in [-0.2, 0) is 17.8 Å². The normalized spacial score (nSPS) is 12.6. The minimum Gasteiger partial charge on any atom is -0.379 e. The number of rotatable bonds is 4. The van der Waals surface area contributed by atoms with Crippen molar-refractivity contribution >= 4 is 17.3 Å². The van der Waals surface area contributed by atoms with Crippen LogP contribution in [0.1, 0.15) is 16.8 Å². The summed E-state index contributed by atoms with van der Waals surface area (Å²) >= 11 is 0. The van der Waals surface area contributed by atoms with Crippen LogP contribution in [0.25, 0.3) is 11.1 Å². The summed E-state index contributed by atoms with van der Waals surface area (Å²) < 4.78 is 0. The van der Waals surface area contributed by atoms with Gasteiger partial charge in [-0.05, 0) is 41.8 Å². The quantitative estimate of drug-likeness (QED) is 0.755. The molecule has 1 aromatic heterocycles. The van der Waals surface area contributed by atoms with Gasteiger partial charge in [-0.1, -0.05) is 36.4 Å². The molecule has 4 heteroatoms. The molecular formula is C21H19N3O. The molecule has 2 N–H and O–H groups in total. The first-order valence-electron chi connectivity index (χ1n) is 8.36. The third-order valence-electron chi connectivity index (χ3n) is 4.48. The van der Waals surface area contributed by atoms with Crippen molar-refractivity contribution in [2.24, 2.45) is 0 Å². The summed E-state index contributed by atoms with van der Waals surface area (Å²) in [5, 5.41) is 6.34. The molecule has 3 aromatic rings. The number of nitrogens with zero attached hydrogens (tertiary/aromatic N) is 1. The van der Waals surface area contributed by atoms with E-state index in [0.717, 1.165) is 40.3 Å². The Morgan fingerprint density at radius 2 is 1.92 bits per heavy atom. The molecule has 0 bridgehead atoms. The average molecular weight is 329 g/mol. The fourth-order valence-corrected chi connectivity index (χ4v) is 3.07. The van der Waals surface area contributed by atoms with Gasteiger partial charge in [-0.2, -0.15) is 0 Å². The second-order valence-corrected chi connectivity index (χ2v) is 6.29. The van der Waals surface area contributed by atoms with Crippen LogP contribution in [-0.4, -0.2) is 10.9 Å². The van der Waals surface area contributed by atoms with Crippen LogP contribution < -0.4 is 10.6 Å². The van der Waals surface area contributed by atoms with Gasteiger partial charge in [0.1, 0.15) is 0 Å². The van der Waals surface area contributed by atoms with Gasteiger partial charge in [0.25, 0.3) is 0 Å². The standard InChI is InChI=1S/C21H19N3O/c1-14-20(23-12-15-5-3-2-4-6-15)10-18(13-22-14)16-7-8-19-17(9-16)11-21(25)24-19/h2-10,13,23H,11-12H2,1H3,(H,24,25). The van der Waals surface area contributed by atoms with E-state index in [2.05, 4.69) is 39.9 Å². The molecule has 4 nitrogen and oxygen atoms in total. The Kier molecular flexibility index (Phi) is 3.94. The van der Waals surface area contributed by atoms with Gasteiger partial charge >= 0.3 is 0 Å². The zero-order valence-corrected chi connectivity index (χ0v) is 14.0. The van der Waals surface area contributed by atoms with Crippen molar-refractivity contribution in [1.29, 1.82) is 0 Å². The molecule has 25 heavy (non-hydrogen) atoms. The van der Waals surface area contributed by atoms with Crippen LogP contribution in [0.2, 0.25) is 0 Å². The second kappa shape index (κ2) is 6.40. The van der Waals surface area contributed by atoms with Crippen molar-refractivity contribution in [3.63, 3.8) is 0 Å². The van der Waals surface area contributed by atoms with Crippen molar-refractivity contribution in [2.45, 2.75) is 19.9 Å². The highest BCUT2D eigenvalue weighted by Crippen LogP contribution is 2.30. The second-order valence-electron chi connectivity index (χ2n) is 6.29. The number of nitrogens with one attached hydrogen (secondary N) is 2. The van der Waals surface area contributed by atoms with Gasteiger partial charge in [-0.15, -0.1) is 0 Å². The van der Waals surface area contributed by atoms with Crippen LogP contribution in [0.3, 0.4) is 0 Å². The molecule has 0 unspecified atom stereocenters. The van der Waals surface area contributed by atoms with E-state index >= 15 is 0 Å². The summed E-state index contributed by atoms with van der Waals surface area (Å²) in [6.07, 6.45) is 2.33. The van der Waals surface area contributed by atoms with Gasteiger partial charge in [-0.3, -0.25) is 9.78 Å². The van der Waals surface area contributed by atoms with Crippen LogP contribution in [0, 0.1) is 6.92 Å². The Hall–Kier alpha value is -3.14. The third-order valence-corrected chi connectivity index (χ3v) is 4.48. The van der Waals surface area contributed by atoms with E-state index in [9.17, 15) is 4.79 Å². The van der Waals surface area contributed by atoms with Gasteiger partial charge in [0.2, 0.25) is 5.91 Å². The highest BCUT2D eigenvalue weighted by Gasteiger charge is 2.18. The Morgan fingerprint density at radius 3 is 2.76 bits per heavy atom. The number of aryl methyl sites for hydroxylation is 1. The maximum Gasteiger partial charge on any atom is 0.228 e. The molecule has 0 fully saturated rings. The lowest BCUT2D eigenvalue weighted by Crippen LogP contribution is -2.03. The van der Waals surface area contributed by atoms with Crippen LogP contribution in [0.4, 0.5) is 11.4 Å². The number of pyridine rings is 1. The Labute approximate surface area is 146 Å². The van der Waals surface area contributed by atoms with E-state index in [1.807, 2.05) is 43.5 Å². The smallest absolute Gasteiger partial charge is 0.228 e. The largest absolute Gasteiger partial charge is 0.379 e. The van der Waals surface area contributed by atoms with E-state index < -0.39 is 0 Å². The van der Waals surface area contributed by atoms with Crippen LogP contribution >= 0.6 is 0 Å². The summed E-state index contributed by atoms with van der Waals surface area (Å²) in [7, 11) is 0. The highest BCUT2D eigenvalue weighted by molar-refractivity contribution is 5.99. The van der Waals surface area contributed by atoms with E-state index in [-0.39, 0.29) is 5.91 Å². The summed E-state index contributed by atoms with van der Waals surface area (Å²) in [6.45, 7) is 2.76. The highest BCUT2D eigenvalue weighted by atomic mass is 16.1. The summed E-state index contributed by atoms with van der Waals surface area (Å²) in [5.74, 6) is 0.0550. The maximum atomic E-state index is 11.5. The number of benzene rings is 2. The number of fused-ring (bicyclic) bond motifs is 1. The fourth-order valence-electron chi connectivity index (χ4n) is 3.07. The van der Waals surface area contributed by atoms with E-state index in [0.29, 0.717) is 6.42 Å². The predicted molar refractivity (Wildman–Crippen MR) is 101 cm³/mol. The van der Waals surface area contributed by atoms with E-state index in [1.165, 1.54) is 5.56 Å². The zero-order chi connectivity index (χ0) is 17.2. The first-order valence-corrected chi connectivity index (χ1v) is 8.36. The van der Waals surface area contributed by atoms with Crippen molar-refractivity contribution in [3.8, 4) is 11.1 Å². The van der Waals surface area contributed by atoms with Crippen LogP contribution in [0.5, 0.6) is 0 Å². The fraction of sp³-hybridized carbons (Fsp3) is 0.143. The predicted octanol–water partition coefficient (Wildman–Crippen LogP) is 4.16. The van der Waals surface area contributed by atoms with Gasteiger partial charge < -0.3 is 10.6 Å². The topological polar surface area (TPSA) is 54.0 Å². The summed E-state index contributed by atoms with van der Waals surface area (Å²) in [4.78, 5) is 16.1. The number of carbonyl (C=O) groups is 1. The molecule has 124 valence electrons. The Balaban J connectivity index is 1.59. The molecule has 0 saturated heterocycles. The number of hydrogen-bond acceptors (Lipinski definition) is 3. The number of carbonyl (C=O) groups excluding carboxylic acids is 1. The number of hydrogen-bond donors (Lipinski definition) is 2. The van der Waals surface area contributed by atoms with Crippen molar-refractivity contribution in [3.05, 3.63) is 77.6 Å². The SMILES string of the molecule is Cc1ncc(-c2ccc3c(c2)CC(=O)N3)cc1NCc1ccccc1. The van der Waals surface area contributed by atoms with Crippen molar-refractivity contribution < 1.29 is 4.79 Å². The van der Waals surface area contributed by atoms with E-state index in [1.54, 1.807) is 0 Å². The molecule has 0 radical (unpaired) electrons. The first kappa shape index (κ1) is 15.4. The van der Waals surface area contributed by atoms with Crippen molar-refractivity contribution in [2.75, 3.05) is 10.6 Å². The molecule has 0 saturated carbocycles. The summed E-state index contributed by atoms with van der Waals surface area (Å²) in [5.41, 5.74) is 7.30. The molecule has 1 amide bonds. The van der Waals surface area contributed by atoms with Crippen molar-refractivity contribution in [1.82, 2.24) is 4.98 Å². The molecule has 1 aliphatic heterocycles. The Bertz CT molecular complexity index is 935. The lowest BCUT2D eigenvalue weighted by Gasteiger charge is -2.12. The Morgan fingerprint density at radius 1 is 1.08 bits per heavy atom. The van der Waals surface area contributed by atoms with Gasteiger partial charge in [0.05, 0.1) is 17.8 Å².